The molecule has 1 aliphatic heterocycles. The number of benzene rings is 2. The molecule has 222 valence electrons. The number of hydrogen-bond acceptors (Lipinski definition) is 8. The van der Waals surface area contributed by atoms with Gasteiger partial charge in [0.1, 0.15) is 23.7 Å². The van der Waals surface area contributed by atoms with Crippen LogP contribution < -0.4 is 10.6 Å². The molecular formula is C30H34N4O6S2. The van der Waals surface area contributed by atoms with E-state index in [1.54, 1.807) is 55.6 Å². The number of carboxylic acid groups (broad SMARTS) is 1. The Morgan fingerprint density at radius 2 is 1.71 bits per heavy atom. The van der Waals surface area contributed by atoms with Crippen LogP contribution in [-0.4, -0.2) is 70.2 Å². The molecule has 1 amide bonds. The average molecular weight is 611 g/mol. The number of ketones is 1. The number of thioether (sulfide) groups is 1. The van der Waals surface area contributed by atoms with Crippen LogP contribution in [0.1, 0.15) is 30.9 Å². The minimum absolute atomic E-state index is 0.00927. The van der Waals surface area contributed by atoms with Crippen LogP contribution in [0.5, 0.6) is 0 Å². The average Bonchev–Trinajstić information content (AvgIpc) is 3.39. The molecule has 1 fully saturated rings. The van der Waals surface area contributed by atoms with Crippen molar-refractivity contribution in [2.24, 2.45) is 0 Å². The van der Waals surface area contributed by atoms with Gasteiger partial charge in [-0.1, -0.05) is 48.5 Å². The van der Waals surface area contributed by atoms with E-state index in [2.05, 4.69) is 15.6 Å². The molecule has 12 heteroatoms. The molecule has 1 saturated heterocycles. The number of hydrogen-bond donors (Lipinski definition) is 3. The van der Waals surface area contributed by atoms with Gasteiger partial charge in [-0.25, -0.2) is 18.2 Å². The molecule has 3 atom stereocenters. The highest BCUT2D eigenvalue weighted by Gasteiger charge is 2.45. The van der Waals surface area contributed by atoms with Crippen molar-refractivity contribution in [1.82, 2.24) is 14.6 Å². The lowest BCUT2D eigenvalue weighted by Gasteiger charge is -2.27. The van der Waals surface area contributed by atoms with E-state index in [1.165, 1.54) is 23.9 Å². The van der Waals surface area contributed by atoms with Crippen LogP contribution in [-0.2, 0) is 37.2 Å². The topological polar surface area (TPSA) is 146 Å². The number of sulfonamides is 1. The number of Topliss-reactive ketones (excluding diaryl/α,β-unsaturated/α-hetero) is 1. The van der Waals surface area contributed by atoms with Crippen molar-refractivity contribution in [2.75, 3.05) is 17.6 Å². The summed E-state index contributed by atoms with van der Waals surface area (Å²) in [7, 11) is -3.96. The minimum atomic E-state index is -3.96. The largest absolute Gasteiger partial charge is 0.480 e. The van der Waals surface area contributed by atoms with E-state index in [9.17, 15) is 27.9 Å². The molecular weight excluding hydrogens is 576 g/mol. The highest BCUT2D eigenvalue weighted by Crippen LogP contribution is 2.34. The zero-order valence-electron chi connectivity index (χ0n) is 23.2. The number of carboxylic acids is 1. The zero-order valence-corrected chi connectivity index (χ0v) is 24.8. The first-order valence-corrected chi connectivity index (χ1v) is 16.1. The van der Waals surface area contributed by atoms with Gasteiger partial charge in [-0.15, -0.1) is 11.8 Å². The molecule has 0 aliphatic carbocycles. The van der Waals surface area contributed by atoms with Gasteiger partial charge in [-0.3, -0.25) is 9.59 Å². The molecule has 1 unspecified atom stereocenters. The highest BCUT2D eigenvalue weighted by molar-refractivity contribution is 8.01. The van der Waals surface area contributed by atoms with Gasteiger partial charge in [0.25, 0.3) is 0 Å². The van der Waals surface area contributed by atoms with Crippen LogP contribution >= 0.6 is 11.8 Å². The normalized spacial score (nSPS) is 17.8. The van der Waals surface area contributed by atoms with Gasteiger partial charge in [-0.05, 0) is 48.7 Å². The summed E-state index contributed by atoms with van der Waals surface area (Å²) in [5, 5.41) is 15.1. The number of rotatable bonds is 14. The lowest BCUT2D eigenvalue weighted by Crippen LogP contribution is -2.53. The Hall–Kier alpha value is -3.74. The number of nitrogens with zero attached hydrogens (tertiary/aromatic N) is 2. The number of amides is 1. The molecule has 0 spiro atoms. The summed E-state index contributed by atoms with van der Waals surface area (Å²) in [6.07, 6.45) is 3.08. The van der Waals surface area contributed by atoms with Crippen LogP contribution in [0.3, 0.4) is 0 Å². The number of pyridine rings is 1. The lowest BCUT2D eigenvalue weighted by molar-refractivity contribution is -0.142. The van der Waals surface area contributed by atoms with Gasteiger partial charge < -0.3 is 15.7 Å². The van der Waals surface area contributed by atoms with Crippen molar-refractivity contribution in [2.45, 2.75) is 55.0 Å². The molecule has 0 bridgehead atoms. The first-order chi connectivity index (χ1) is 20.1. The van der Waals surface area contributed by atoms with Crippen molar-refractivity contribution in [3.63, 3.8) is 0 Å². The van der Waals surface area contributed by atoms with Crippen molar-refractivity contribution >= 4 is 45.3 Å². The number of carbonyl (C=O) groups excluding carboxylic acids is 2. The summed E-state index contributed by atoms with van der Waals surface area (Å²) in [5.41, 5.74) is 1.48. The molecule has 1 aliphatic rings. The summed E-state index contributed by atoms with van der Waals surface area (Å²) in [5.74, 6) is -0.799. The summed E-state index contributed by atoms with van der Waals surface area (Å²) < 4.78 is 27.8. The first kappa shape index (κ1) is 31.2. The molecule has 0 saturated carbocycles. The molecule has 4 rings (SSSR count). The number of aromatic nitrogens is 1. The second-order valence-corrected chi connectivity index (χ2v) is 13.2. The second-order valence-electron chi connectivity index (χ2n) is 9.98. The fraction of sp³-hybridized carbons (Fsp3) is 0.333. The zero-order chi connectivity index (χ0) is 30.1. The Morgan fingerprint density at radius 1 is 1.02 bits per heavy atom. The van der Waals surface area contributed by atoms with Crippen LogP contribution in [0, 0.1) is 0 Å². The Kier molecular flexibility index (Phi) is 10.7. The highest BCUT2D eigenvalue weighted by atomic mass is 32.2. The van der Waals surface area contributed by atoms with Crippen molar-refractivity contribution in [3.05, 3.63) is 90.1 Å². The smallest absolute Gasteiger partial charge is 0.326 e. The van der Waals surface area contributed by atoms with Gasteiger partial charge in [-0.2, -0.15) is 4.31 Å². The minimum Gasteiger partial charge on any atom is -0.480 e. The van der Waals surface area contributed by atoms with Gasteiger partial charge in [0.15, 0.2) is 0 Å². The Morgan fingerprint density at radius 3 is 2.38 bits per heavy atom. The van der Waals surface area contributed by atoms with Gasteiger partial charge in [0.05, 0.1) is 10.3 Å². The number of anilines is 1. The predicted octanol–water partition coefficient (Wildman–Crippen LogP) is 3.35. The quantitative estimate of drug-likeness (QED) is 0.234. The SMILES string of the molecule is CC1SC[C@@H](C(=O)N[C@@H](Cc2ccc(CC(=O)CCCNc3ccccn3)cc2)C(=O)O)N1S(=O)(=O)c1ccccc1. The second kappa shape index (κ2) is 14.4. The summed E-state index contributed by atoms with van der Waals surface area (Å²) in [6, 6.07) is 18.2. The molecule has 3 N–H and O–H groups in total. The number of carbonyl (C=O) groups is 3. The molecule has 42 heavy (non-hydrogen) atoms. The fourth-order valence-corrected chi connectivity index (χ4v) is 8.01. The van der Waals surface area contributed by atoms with Crippen LogP contribution in [0.2, 0.25) is 0 Å². The molecule has 2 heterocycles. The van der Waals surface area contributed by atoms with E-state index in [0.717, 1.165) is 15.7 Å². The van der Waals surface area contributed by atoms with Crippen LogP contribution in [0.25, 0.3) is 0 Å². The van der Waals surface area contributed by atoms with Crippen molar-refractivity contribution in [1.29, 1.82) is 0 Å². The summed E-state index contributed by atoms with van der Waals surface area (Å²) in [6.45, 7) is 2.34. The fourth-order valence-electron chi connectivity index (χ4n) is 4.68. The molecule has 1 aromatic heterocycles. The maximum absolute atomic E-state index is 13.3. The third-order valence-corrected chi connectivity index (χ3v) is 10.2. The van der Waals surface area contributed by atoms with E-state index in [1.807, 2.05) is 18.2 Å². The lowest BCUT2D eigenvalue weighted by atomic mass is 10.0. The van der Waals surface area contributed by atoms with E-state index in [0.29, 0.717) is 24.9 Å². The third-order valence-electron chi connectivity index (χ3n) is 6.86. The Labute approximate surface area is 250 Å². The monoisotopic (exact) mass is 610 g/mol. The van der Waals surface area contributed by atoms with E-state index < -0.39 is 39.4 Å². The molecule has 2 aromatic carbocycles. The first-order valence-electron chi connectivity index (χ1n) is 13.6. The maximum Gasteiger partial charge on any atom is 0.326 e. The number of aliphatic carboxylic acids is 1. The van der Waals surface area contributed by atoms with Gasteiger partial charge >= 0.3 is 5.97 Å². The number of nitrogens with one attached hydrogen (secondary N) is 2. The van der Waals surface area contributed by atoms with E-state index in [4.69, 9.17) is 0 Å². The molecule has 0 radical (unpaired) electrons. The third kappa shape index (κ3) is 8.17. The van der Waals surface area contributed by atoms with Crippen molar-refractivity contribution in [3.8, 4) is 0 Å². The predicted molar refractivity (Wildman–Crippen MR) is 162 cm³/mol. The maximum atomic E-state index is 13.3. The van der Waals surface area contributed by atoms with Gasteiger partial charge in [0.2, 0.25) is 15.9 Å². The van der Waals surface area contributed by atoms with Crippen LogP contribution in [0.15, 0.2) is 83.9 Å². The van der Waals surface area contributed by atoms with Crippen molar-refractivity contribution < 1.29 is 27.9 Å². The summed E-state index contributed by atoms with van der Waals surface area (Å²) >= 11 is 1.32. The van der Waals surface area contributed by atoms with E-state index in [-0.39, 0.29) is 29.3 Å². The summed E-state index contributed by atoms with van der Waals surface area (Å²) in [4.78, 5) is 41.9. The standard InChI is InChI=1S/C30H34N4O6S2/c1-21-34(42(39,40)25-9-3-2-4-10-25)27(20-41-21)29(36)33-26(30(37)38)19-23-14-12-22(13-15-23)18-24(35)8-7-17-32-28-11-5-6-16-31-28/h2-6,9-16,21,26-27H,7-8,17-20H2,1H3,(H,31,32)(H,33,36)(H,37,38)/t21?,26-,27-/m0/s1. The molecule has 3 aromatic rings. The molecule has 10 nitrogen and oxygen atoms in total. The van der Waals surface area contributed by atoms with Crippen LogP contribution in [0.4, 0.5) is 5.82 Å². The van der Waals surface area contributed by atoms with E-state index >= 15 is 0 Å². The Bertz CT molecular complexity index is 1470. The Balaban J connectivity index is 1.31. The van der Waals surface area contributed by atoms with Gasteiger partial charge in [0, 0.05) is 37.8 Å².